The third-order valence-electron chi connectivity index (χ3n) is 4.26. The minimum Gasteiger partial charge on any atom is -0.369 e. The van der Waals surface area contributed by atoms with Gasteiger partial charge in [-0.2, -0.15) is 0 Å². The first-order valence-electron chi connectivity index (χ1n) is 8.36. The molecule has 2 rings (SSSR count). The number of amides is 3. The number of morpholine rings is 1. The van der Waals surface area contributed by atoms with Gasteiger partial charge in [0.25, 0.3) is 0 Å². The molecule has 1 saturated carbocycles. The fourth-order valence-electron chi connectivity index (χ4n) is 3.39. The fraction of sp³-hybridized carbons (Fsp3) is 0.875. The molecular weight excluding hydrogens is 282 g/mol. The summed E-state index contributed by atoms with van der Waals surface area (Å²) in [5.41, 5.74) is -0.336. The van der Waals surface area contributed by atoms with Crippen molar-refractivity contribution in [1.29, 1.82) is 0 Å². The summed E-state index contributed by atoms with van der Waals surface area (Å²) in [5.74, 6) is -0.0537. The van der Waals surface area contributed by atoms with Crippen molar-refractivity contribution in [2.24, 2.45) is 0 Å². The van der Waals surface area contributed by atoms with Gasteiger partial charge in [0.2, 0.25) is 5.91 Å². The number of nitrogens with one attached hydrogen (secondary N) is 2. The van der Waals surface area contributed by atoms with Crippen molar-refractivity contribution in [2.75, 3.05) is 19.6 Å². The Hall–Kier alpha value is -1.30. The molecule has 3 amide bonds. The molecule has 1 heterocycles. The highest BCUT2D eigenvalue weighted by Gasteiger charge is 2.33. The number of nitrogens with zero attached hydrogens (tertiary/aromatic N) is 1. The SMILES string of the molecule is CC1CN(C(=O)CNC(=O)NC2CCCCC2)CC(C)(C)O1. The van der Waals surface area contributed by atoms with Gasteiger partial charge in [0.05, 0.1) is 18.2 Å². The summed E-state index contributed by atoms with van der Waals surface area (Å²) < 4.78 is 5.79. The Kier molecular flexibility index (Phi) is 5.67. The Morgan fingerprint density at radius 1 is 1.23 bits per heavy atom. The molecule has 6 nitrogen and oxygen atoms in total. The van der Waals surface area contributed by atoms with Crippen molar-refractivity contribution in [3.05, 3.63) is 0 Å². The Bertz CT molecular complexity index is 405. The van der Waals surface area contributed by atoms with Crippen LogP contribution in [-0.2, 0) is 9.53 Å². The number of carbonyl (C=O) groups excluding carboxylic acids is 2. The molecule has 0 bridgehead atoms. The van der Waals surface area contributed by atoms with E-state index in [-0.39, 0.29) is 36.2 Å². The van der Waals surface area contributed by atoms with Crippen LogP contribution in [0.1, 0.15) is 52.9 Å². The maximum absolute atomic E-state index is 12.3. The smallest absolute Gasteiger partial charge is 0.315 e. The van der Waals surface area contributed by atoms with Gasteiger partial charge in [0.15, 0.2) is 0 Å². The Labute approximate surface area is 132 Å². The van der Waals surface area contributed by atoms with E-state index >= 15 is 0 Å². The van der Waals surface area contributed by atoms with Crippen molar-refractivity contribution in [3.8, 4) is 0 Å². The van der Waals surface area contributed by atoms with Crippen molar-refractivity contribution in [3.63, 3.8) is 0 Å². The molecule has 1 atom stereocenters. The summed E-state index contributed by atoms with van der Waals surface area (Å²) in [6, 6.07) is 0.0204. The van der Waals surface area contributed by atoms with Crippen molar-refractivity contribution in [1.82, 2.24) is 15.5 Å². The first-order valence-corrected chi connectivity index (χ1v) is 8.36. The number of hydrogen-bond donors (Lipinski definition) is 2. The lowest BCUT2D eigenvalue weighted by Crippen LogP contribution is -2.56. The highest BCUT2D eigenvalue weighted by atomic mass is 16.5. The summed E-state index contributed by atoms with van der Waals surface area (Å²) in [6.45, 7) is 7.10. The number of carbonyl (C=O) groups is 2. The molecule has 2 fully saturated rings. The van der Waals surface area contributed by atoms with Crippen LogP contribution >= 0.6 is 0 Å². The van der Waals surface area contributed by atoms with Crippen molar-refractivity contribution < 1.29 is 14.3 Å². The third-order valence-corrected chi connectivity index (χ3v) is 4.26. The maximum Gasteiger partial charge on any atom is 0.315 e. The summed E-state index contributed by atoms with van der Waals surface area (Å²) in [7, 11) is 0. The van der Waals surface area contributed by atoms with Gasteiger partial charge in [0, 0.05) is 19.1 Å². The predicted octanol–water partition coefficient (Wildman–Crippen LogP) is 1.64. The van der Waals surface area contributed by atoms with E-state index in [2.05, 4.69) is 10.6 Å². The molecule has 22 heavy (non-hydrogen) atoms. The first kappa shape index (κ1) is 17.1. The zero-order chi connectivity index (χ0) is 16.2. The molecule has 0 aromatic rings. The predicted molar refractivity (Wildman–Crippen MR) is 84.6 cm³/mol. The van der Waals surface area contributed by atoms with Crippen LogP contribution in [-0.4, -0.2) is 54.2 Å². The van der Waals surface area contributed by atoms with Crippen LogP contribution in [0.4, 0.5) is 4.79 Å². The molecule has 1 aliphatic carbocycles. The lowest BCUT2D eigenvalue weighted by atomic mass is 9.96. The third kappa shape index (κ3) is 5.16. The summed E-state index contributed by atoms with van der Waals surface area (Å²) in [5, 5.41) is 5.64. The average molecular weight is 311 g/mol. The Morgan fingerprint density at radius 2 is 1.91 bits per heavy atom. The first-order chi connectivity index (χ1) is 10.4. The zero-order valence-corrected chi connectivity index (χ0v) is 14.0. The van der Waals surface area contributed by atoms with E-state index in [9.17, 15) is 9.59 Å². The molecule has 0 aromatic carbocycles. The van der Waals surface area contributed by atoms with E-state index in [1.807, 2.05) is 20.8 Å². The van der Waals surface area contributed by atoms with Crippen LogP contribution in [0.3, 0.4) is 0 Å². The largest absolute Gasteiger partial charge is 0.369 e. The minimum absolute atomic E-state index is 0.0174. The van der Waals surface area contributed by atoms with Gasteiger partial charge in [-0.15, -0.1) is 0 Å². The summed E-state index contributed by atoms with van der Waals surface area (Å²) >= 11 is 0. The zero-order valence-electron chi connectivity index (χ0n) is 14.0. The van der Waals surface area contributed by atoms with Gasteiger partial charge >= 0.3 is 6.03 Å². The van der Waals surface area contributed by atoms with Crippen molar-refractivity contribution >= 4 is 11.9 Å². The van der Waals surface area contributed by atoms with Crippen LogP contribution in [0.25, 0.3) is 0 Å². The monoisotopic (exact) mass is 311 g/mol. The molecular formula is C16H29N3O3. The van der Waals surface area contributed by atoms with Gasteiger partial charge < -0.3 is 20.3 Å². The summed E-state index contributed by atoms with van der Waals surface area (Å²) in [4.78, 5) is 25.9. The molecule has 6 heteroatoms. The van der Waals surface area contributed by atoms with Gasteiger partial charge in [0.1, 0.15) is 0 Å². The Morgan fingerprint density at radius 3 is 2.55 bits per heavy atom. The second-order valence-corrected chi connectivity index (χ2v) is 7.12. The second-order valence-electron chi connectivity index (χ2n) is 7.12. The normalized spacial score (nSPS) is 25.6. The number of urea groups is 1. The van der Waals surface area contributed by atoms with Gasteiger partial charge in [-0.05, 0) is 33.6 Å². The lowest BCUT2D eigenvalue weighted by Gasteiger charge is -2.41. The van der Waals surface area contributed by atoms with Crippen LogP contribution in [0, 0.1) is 0 Å². The molecule has 1 unspecified atom stereocenters. The van der Waals surface area contributed by atoms with Crippen molar-refractivity contribution in [2.45, 2.75) is 70.6 Å². The molecule has 0 aromatic heterocycles. The Balaban J connectivity index is 1.73. The minimum atomic E-state index is -0.336. The van der Waals surface area contributed by atoms with Crippen LogP contribution < -0.4 is 10.6 Å². The summed E-state index contributed by atoms with van der Waals surface area (Å²) in [6.07, 6.45) is 5.69. The quantitative estimate of drug-likeness (QED) is 0.832. The molecule has 126 valence electrons. The van der Waals surface area contributed by atoms with E-state index < -0.39 is 0 Å². The van der Waals surface area contributed by atoms with E-state index in [0.717, 1.165) is 12.8 Å². The average Bonchev–Trinajstić information content (AvgIpc) is 2.43. The van der Waals surface area contributed by atoms with Crippen LogP contribution in [0.2, 0.25) is 0 Å². The highest BCUT2D eigenvalue weighted by molar-refractivity contribution is 5.84. The van der Waals surface area contributed by atoms with Crippen LogP contribution in [0.5, 0.6) is 0 Å². The molecule has 1 aliphatic heterocycles. The standard InChI is InChI=1S/C16H29N3O3/c1-12-10-19(11-16(2,3)22-12)14(20)9-17-15(21)18-13-7-5-4-6-8-13/h12-13H,4-11H2,1-3H3,(H2,17,18,21). The molecule has 0 spiro atoms. The number of hydrogen-bond acceptors (Lipinski definition) is 3. The van der Waals surface area contributed by atoms with Gasteiger partial charge in [-0.3, -0.25) is 4.79 Å². The second kappa shape index (κ2) is 7.31. The van der Waals surface area contributed by atoms with Crippen LogP contribution in [0.15, 0.2) is 0 Å². The molecule has 0 radical (unpaired) electrons. The topological polar surface area (TPSA) is 70.7 Å². The molecule has 2 N–H and O–H groups in total. The van der Waals surface area contributed by atoms with Gasteiger partial charge in [-0.1, -0.05) is 19.3 Å². The number of ether oxygens (including phenoxy) is 1. The van der Waals surface area contributed by atoms with E-state index in [1.165, 1.54) is 19.3 Å². The van der Waals surface area contributed by atoms with E-state index in [0.29, 0.717) is 13.1 Å². The lowest BCUT2D eigenvalue weighted by molar-refractivity contribution is -0.157. The maximum atomic E-state index is 12.3. The van der Waals surface area contributed by atoms with Gasteiger partial charge in [-0.25, -0.2) is 4.79 Å². The highest BCUT2D eigenvalue weighted by Crippen LogP contribution is 2.20. The molecule has 1 saturated heterocycles. The fourth-order valence-corrected chi connectivity index (χ4v) is 3.39. The van der Waals surface area contributed by atoms with E-state index in [4.69, 9.17) is 4.74 Å². The van der Waals surface area contributed by atoms with E-state index in [1.54, 1.807) is 4.90 Å². The molecule has 2 aliphatic rings. The number of rotatable bonds is 3.